The SMILES string of the molecule is CCN1CCN(CC(C)CNC(=O)C(C)C(C)N)CC1.Cl.Cl.Cl. The second-order valence-corrected chi connectivity index (χ2v) is 6.23. The van der Waals surface area contributed by atoms with Crippen LogP contribution in [-0.4, -0.2) is 67.6 Å². The van der Waals surface area contributed by atoms with Gasteiger partial charge in [-0.15, -0.1) is 37.2 Å². The molecular weight excluding hydrogens is 359 g/mol. The molecule has 1 saturated heterocycles. The molecule has 1 heterocycles. The first-order valence-corrected chi connectivity index (χ1v) is 7.92. The smallest absolute Gasteiger partial charge is 0.224 e. The van der Waals surface area contributed by atoms with E-state index in [9.17, 15) is 4.79 Å². The van der Waals surface area contributed by atoms with Crippen LogP contribution in [0.5, 0.6) is 0 Å². The summed E-state index contributed by atoms with van der Waals surface area (Å²) in [6, 6.07) is -0.0903. The monoisotopic (exact) mass is 392 g/mol. The summed E-state index contributed by atoms with van der Waals surface area (Å²) in [6.45, 7) is 15.7. The standard InChI is InChI=1S/C15H32N4O.3ClH/c1-5-18-6-8-19(9-7-18)11-12(2)10-17-15(20)13(3)14(4)16;;;/h12-14H,5-11,16H2,1-4H3,(H,17,20);3*1H. The molecule has 5 nitrogen and oxygen atoms in total. The van der Waals surface area contributed by atoms with Gasteiger partial charge >= 0.3 is 0 Å². The molecule has 1 aliphatic rings. The lowest BCUT2D eigenvalue weighted by Gasteiger charge is -2.35. The zero-order chi connectivity index (χ0) is 15.1. The quantitative estimate of drug-likeness (QED) is 0.690. The highest BCUT2D eigenvalue weighted by atomic mass is 35.5. The lowest BCUT2D eigenvalue weighted by atomic mass is 10.0. The van der Waals surface area contributed by atoms with E-state index < -0.39 is 0 Å². The van der Waals surface area contributed by atoms with E-state index in [1.165, 1.54) is 0 Å². The molecule has 0 bridgehead atoms. The first-order chi connectivity index (χ1) is 9.43. The fourth-order valence-corrected chi connectivity index (χ4v) is 2.47. The Morgan fingerprint density at radius 3 is 1.96 bits per heavy atom. The van der Waals surface area contributed by atoms with Gasteiger partial charge in [-0.05, 0) is 19.4 Å². The molecule has 0 radical (unpaired) electrons. The van der Waals surface area contributed by atoms with Crippen molar-refractivity contribution in [1.82, 2.24) is 15.1 Å². The minimum absolute atomic E-state index is 0. The Balaban J connectivity index is -0.00000133. The second kappa shape index (κ2) is 14.6. The van der Waals surface area contributed by atoms with Crippen LogP contribution >= 0.6 is 37.2 Å². The Morgan fingerprint density at radius 1 is 1.04 bits per heavy atom. The van der Waals surface area contributed by atoms with Crippen LogP contribution in [0.1, 0.15) is 27.7 Å². The number of nitrogens with one attached hydrogen (secondary N) is 1. The van der Waals surface area contributed by atoms with Crippen LogP contribution in [0.4, 0.5) is 0 Å². The number of amides is 1. The summed E-state index contributed by atoms with van der Waals surface area (Å²) < 4.78 is 0. The van der Waals surface area contributed by atoms with E-state index in [0.717, 1.165) is 45.8 Å². The Labute approximate surface area is 160 Å². The number of carbonyl (C=O) groups excluding carboxylic acids is 1. The van der Waals surface area contributed by atoms with Crippen LogP contribution in [-0.2, 0) is 4.79 Å². The van der Waals surface area contributed by atoms with E-state index in [2.05, 4.69) is 29.0 Å². The van der Waals surface area contributed by atoms with Gasteiger partial charge in [0.05, 0.1) is 0 Å². The Morgan fingerprint density at radius 2 is 1.52 bits per heavy atom. The lowest BCUT2D eigenvalue weighted by Crippen LogP contribution is -2.48. The van der Waals surface area contributed by atoms with Gasteiger partial charge in [0.15, 0.2) is 0 Å². The third-order valence-corrected chi connectivity index (χ3v) is 4.31. The number of rotatable bonds is 7. The summed E-state index contributed by atoms with van der Waals surface area (Å²) in [5, 5.41) is 3.02. The van der Waals surface area contributed by atoms with Crippen LogP contribution in [0.3, 0.4) is 0 Å². The molecule has 1 aliphatic heterocycles. The average molecular weight is 394 g/mol. The van der Waals surface area contributed by atoms with Gasteiger partial charge in [-0.3, -0.25) is 4.79 Å². The molecule has 3 unspecified atom stereocenters. The van der Waals surface area contributed by atoms with Crippen molar-refractivity contribution in [3.8, 4) is 0 Å². The van der Waals surface area contributed by atoms with Gasteiger partial charge in [-0.2, -0.15) is 0 Å². The number of hydrogen-bond acceptors (Lipinski definition) is 4. The fourth-order valence-electron chi connectivity index (χ4n) is 2.47. The van der Waals surface area contributed by atoms with E-state index in [1.54, 1.807) is 0 Å². The number of likely N-dealkylation sites (N-methyl/N-ethyl adjacent to an activating group) is 1. The molecule has 3 N–H and O–H groups in total. The Hall–Kier alpha value is 0.220. The number of hydrogen-bond donors (Lipinski definition) is 2. The van der Waals surface area contributed by atoms with Crippen LogP contribution in [0.15, 0.2) is 0 Å². The van der Waals surface area contributed by atoms with Gasteiger partial charge in [0.2, 0.25) is 5.91 Å². The molecule has 142 valence electrons. The maximum atomic E-state index is 11.9. The van der Waals surface area contributed by atoms with E-state index in [-0.39, 0.29) is 55.1 Å². The third kappa shape index (κ3) is 10.6. The Bertz CT molecular complexity index is 300. The highest BCUT2D eigenvalue weighted by molar-refractivity contribution is 5.86. The second-order valence-electron chi connectivity index (χ2n) is 6.23. The molecule has 0 spiro atoms. The van der Waals surface area contributed by atoms with Crippen LogP contribution < -0.4 is 11.1 Å². The van der Waals surface area contributed by atoms with Crippen molar-refractivity contribution in [3.63, 3.8) is 0 Å². The first kappa shape index (κ1) is 28.0. The van der Waals surface area contributed by atoms with Crippen LogP contribution in [0, 0.1) is 11.8 Å². The van der Waals surface area contributed by atoms with Gasteiger partial charge in [0, 0.05) is 51.2 Å². The van der Waals surface area contributed by atoms with E-state index in [4.69, 9.17) is 5.73 Å². The van der Waals surface area contributed by atoms with Crippen molar-refractivity contribution in [3.05, 3.63) is 0 Å². The molecular formula is C15H35Cl3N4O. The molecule has 0 aromatic rings. The minimum Gasteiger partial charge on any atom is -0.356 e. The molecule has 1 amide bonds. The van der Waals surface area contributed by atoms with Gasteiger partial charge in [-0.25, -0.2) is 0 Å². The van der Waals surface area contributed by atoms with Crippen molar-refractivity contribution in [2.75, 3.05) is 45.8 Å². The summed E-state index contributed by atoms with van der Waals surface area (Å²) in [6.07, 6.45) is 0. The molecule has 0 saturated carbocycles. The van der Waals surface area contributed by atoms with E-state index in [1.807, 2.05) is 13.8 Å². The van der Waals surface area contributed by atoms with Crippen molar-refractivity contribution in [1.29, 1.82) is 0 Å². The lowest BCUT2D eigenvalue weighted by molar-refractivity contribution is -0.125. The number of halogens is 3. The zero-order valence-corrected chi connectivity index (χ0v) is 17.2. The third-order valence-electron chi connectivity index (χ3n) is 4.31. The highest BCUT2D eigenvalue weighted by Crippen LogP contribution is 2.06. The summed E-state index contributed by atoms with van der Waals surface area (Å²) in [7, 11) is 0. The maximum Gasteiger partial charge on any atom is 0.224 e. The van der Waals surface area contributed by atoms with Crippen LogP contribution in [0.2, 0.25) is 0 Å². The summed E-state index contributed by atoms with van der Waals surface area (Å²) in [4.78, 5) is 16.8. The van der Waals surface area contributed by atoms with Crippen molar-refractivity contribution in [2.24, 2.45) is 17.6 Å². The predicted octanol–water partition coefficient (Wildman–Crippen LogP) is 1.62. The molecule has 23 heavy (non-hydrogen) atoms. The molecule has 0 aliphatic carbocycles. The topological polar surface area (TPSA) is 61.6 Å². The number of carbonyl (C=O) groups is 1. The largest absolute Gasteiger partial charge is 0.356 e. The van der Waals surface area contributed by atoms with E-state index in [0.29, 0.717) is 5.92 Å². The molecule has 1 rings (SSSR count). The summed E-state index contributed by atoms with van der Waals surface area (Å²) >= 11 is 0. The zero-order valence-electron chi connectivity index (χ0n) is 14.8. The average Bonchev–Trinajstić information content (AvgIpc) is 2.44. The minimum atomic E-state index is -0.115. The predicted molar refractivity (Wildman–Crippen MR) is 105 cm³/mol. The van der Waals surface area contributed by atoms with Gasteiger partial charge in [-0.1, -0.05) is 20.8 Å². The van der Waals surface area contributed by atoms with E-state index >= 15 is 0 Å². The summed E-state index contributed by atoms with van der Waals surface area (Å²) in [5.41, 5.74) is 5.75. The van der Waals surface area contributed by atoms with Crippen molar-refractivity contribution < 1.29 is 4.79 Å². The van der Waals surface area contributed by atoms with Gasteiger partial charge in [0.1, 0.15) is 0 Å². The molecule has 0 aromatic carbocycles. The van der Waals surface area contributed by atoms with Crippen LogP contribution in [0.25, 0.3) is 0 Å². The van der Waals surface area contributed by atoms with Gasteiger partial charge < -0.3 is 20.9 Å². The molecule has 8 heteroatoms. The Kier molecular flexibility index (Phi) is 17.7. The van der Waals surface area contributed by atoms with Gasteiger partial charge in [0.25, 0.3) is 0 Å². The molecule has 3 atom stereocenters. The fraction of sp³-hybridized carbons (Fsp3) is 0.933. The summed E-state index contributed by atoms with van der Waals surface area (Å²) in [5.74, 6) is 0.436. The first-order valence-electron chi connectivity index (χ1n) is 7.92. The number of piperazine rings is 1. The highest BCUT2D eigenvalue weighted by Gasteiger charge is 2.19. The van der Waals surface area contributed by atoms with Crippen molar-refractivity contribution in [2.45, 2.75) is 33.7 Å². The normalized spacial score (nSPS) is 19.3. The maximum absolute atomic E-state index is 11.9. The number of nitrogens with two attached hydrogens (primary N) is 1. The number of nitrogens with zero attached hydrogens (tertiary/aromatic N) is 2. The molecule has 1 fully saturated rings. The molecule has 0 aromatic heterocycles. The van der Waals surface area contributed by atoms with Crippen molar-refractivity contribution >= 4 is 43.1 Å².